The number of nitrogens with two attached hydrogens (primary N) is 1. The van der Waals surface area contributed by atoms with E-state index in [0.29, 0.717) is 6.04 Å². The molecule has 1 heterocycles. The van der Waals surface area contributed by atoms with E-state index >= 15 is 0 Å². The summed E-state index contributed by atoms with van der Waals surface area (Å²) in [6.45, 7) is 1.55. The Morgan fingerprint density at radius 2 is 1.88 bits per heavy atom. The second kappa shape index (κ2) is 5.59. The van der Waals surface area contributed by atoms with Crippen LogP contribution in [0.25, 0.3) is 0 Å². The lowest BCUT2D eigenvalue weighted by atomic mass is 10.3. The van der Waals surface area contributed by atoms with Gasteiger partial charge in [-0.15, -0.1) is 24.8 Å². The average Bonchev–Trinajstić information content (AvgIpc) is 1.31. The monoisotopic (exact) mass is 160 g/mol. The van der Waals surface area contributed by atoms with E-state index in [9.17, 15) is 0 Å². The molecule has 0 aliphatic carbocycles. The van der Waals surface area contributed by atoms with Crippen LogP contribution in [0, 0.1) is 0 Å². The Morgan fingerprint density at radius 3 is 1.88 bits per heavy atom. The van der Waals surface area contributed by atoms with Crippen molar-refractivity contribution in [1.29, 1.82) is 0 Å². The van der Waals surface area contributed by atoms with Crippen molar-refractivity contribution in [2.24, 2.45) is 5.84 Å². The smallest absolute Gasteiger partial charge is 0.0678 e. The number of ether oxygens (including phenoxy) is 1. The van der Waals surface area contributed by atoms with Gasteiger partial charge in [0, 0.05) is 0 Å². The third-order valence-corrected chi connectivity index (χ3v) is 0.874. The molecule has 1 aliphatic rings. The number of halogens is 2. The van der Waals surface area contributed by atoms with E-state index in [1.165, 1.54) is 0 Å². The molecule has 0 bridgehead atoms. The molecule has 8 heavy (non-hydrogen) atoms. The second-order valence-corrected chi connectivity index (χ2v) is 1.40. The molecule has 1 saturated heterocycles. The summed E-state index contributed by atoms with van der Waals surface area (Å²) in [5, 5.41) is 0. The summed E-state index contributed by atoms with van der Waals surface area (Å²) in [6, 6.07) is 0.421. The number of hydrazine groups is 1. The van der Waals surface area contributed by atoms with E-state index in [2.05, 4.69) is 5.43 Å². The molecule has 0 atom stereocenters. The fraction of sp³-hybridized carbons (Fsp3) is 1.00. The van der Waals surface area contributed by atoms with E-state index in [4.69, 9.17) is 10.6 Å². The first kappa shape index (κ1) is 11.3. The summed E-state index contributed by atoms with van der Waals surface area (Å²) in [5.41, 5.74) is 2.58. The Kier molecular flexibility index (Phi) is 7.89. The largest absolute Gasteiger partial charge is 0.378 e. The van der Waals surface area contributed by atoms with Gasteiger partial charge < -0.3 is 4.74 Å². The normalized spacial score (nSPS) is 17.6. The average molecular weight is 161 g/mol. The summed E-state index contributed by atoms with van der Waals surface area (Å²) in [7, 11) is 0. The van der Waals surface area contributed by atoms with Crippen molar-refractivity contribution in [2.45, 2.75) is 6.04 Å². The van der Waals surface area contributed by atoms with E-state index in [1.807, 2.05) is 0 Å². The van der Waals surface area contributed by atoms with Gasteiger partial charge in [0.2, 0.25) is 0 Å². The lowest BCUT2D eigenvalue weighted by Crippen LogP contribution is -2.49. The molecule has 0 spiro atoms. The van der Waals surface area contributed by atoms with Crippen molar-refractivity contribution >= 4 is 24.8 Å². The Bertz CT molecular complexity index is 47.8. The van der Waals surface area contributed by atoms with Crippen LogP contribution >= 0.6 is 24.8 Å². The van der Waals surface area contributed by atoms with Crippen molar-refractivity contribution in [3.8, 4) is 0 Å². The summed E-state index contributed by atoms with van der Waals surface area (Å²) in [6.07, 6.45) is 0. The van der Waals surface area contributed by atoms with Gasteiger partial charge in [-0.3, -0.25) is 11.3 Å². The van der Waals surface area contributed by atoms with E-state index in [-0.39, 0.29) is 24.8 Å². The van der Waals surface area contributed by atoms with Crippen LogP contribution in [0.15, 0.2) is 0 Å². The highest BCUT2D eigenvalue weighted by Gasteiger charge is 2.14. The second-order valence-electron chi connectivity index (χ2n) is 1.40. The Labute approximate surface area is 60.7 Å². The maximum atomic E-state index is 5.00. The number of rotatable bonds is 1. The number of hydrogen-bond donors (Lipinski definition) is 2. The zero-order valence-corrected chi connectivity index (χ0v) is 5.93. The van der Waals surface area contributed by atoms with Gasteiger partial charge in [-0.25, -0.2) is 0 Å². The highest BCUT2D eigenvalue weighted by atomic mass is 35.5. The first-order chi connectivity index (χ1) is 2.93. The molecule has 1 aliphatic heterocycles. The zero-order valence-electron chi connectivity index (χ0n) is 4.29. The molecule has 0 saturated carbocycles. The number of hydrogen-bond acceptors (Lipinski definition) is 3. The highest BCUT2D eigenvalue weighted by molar-refractivity contribution is 5.85. The molecule has 5 heteroatoms. The van der Waals surface area contributed by atoms with Gasteiger partial charge in [-0.05, 0) is 0 Å². The maximum absolute atomic E-state index is 5.00. The first-order valence-electron chi connectivity index (χ1n) is 1.97. The molecule has 0 aromatic rings. The van der Waals surface area contributed by atoms with Crippen molar-refractivity contribution in [3.05, 3.63) is 0 Å². The van der Waals surface area contributed by atoms with Crippen LogP contribution in [0.5, 0.6) is 0 Å². The predicted molar refractivity (Wildman–Crippen MR) is 36.4 cm³/mol. The molecule has 52 valence electrons. The van der Waals surface area contributed by atoms with Crippen molar-refractivity contribution in [1.82, 2.24) is 5.43 Å². The lowest BCUT2D eigenvalue weighted by Gasteiger charge is -2.24. The van der Waals surface area contributed by atoms with Gasteiger partial charge in [0.25, 0.3) is 0 Å². The van der Waals surface area contributed by atoms with Crippen LogP contribution in [-0.2, 0) is 4.74 Å². The molecule has 0 aromatic carbocycles. The minimum atomic E-state index is 0. The SMILES string of the molecule is Cl.Cl.NNC1COC1. The van der Waals surface area contributed by atoms with Crippen LogP contribution in [0.4, 0.5) is 0 Å². The molecule has 1 rings (SSSR count). The van der Waals surface area contributed by atoms with Gasteiger partial charge in [0.1, 0.15) is 0 Å². The topological polar surface area (TPSA) is 47.3 Å². The molecule has 0 radical (unpaired) electrons. The van der Waals surface area contributed by atoms with Crippen LogP contribution in [0.3, 0.4) is 0 Å². The summed E-state index contributed by atoms with van der Waals surface area (Å²) >= 11 is 0. The molecular weight excluding hydrogens is 151 g/mol. The standard InChI is InChI=1S/C3H8N2O.2ClH/c4-5-3-1-6-2-3;;/h3,5H,1-2,4H2;2*1H. The quantitative estimate of drug-likeness (QED) is 0.409. The van der Waals surface area contributed by atoms with Gasteiger partial charge in [-0.2, -0.15) is 0 Å². The highest BCUT2D eigenvalue weighted by Crippen LogP contribution is 1.95. The predicted octanol–water partition coefficient (Wildman–Crippen LogP) is -0.308. The molecule has 1 fully saturated rings. The Hall–Kier alpha value is 0.460. The van der Waals surface area contributed by atoms with E-state index in [1.54, 1.807) is 0 Å². The molecule has 0 unspecified atom stereocenters. The summed E-state index contributed by atoms with van der Waals surface area (Å²) < 4.78 is 4.78. The van der Waals surface area contributed by atoms with Crippen molar-refractivity contribution < 1.29 is 4.74 Å². The third kappa shape index (κ3) is 2.69. The Morgan fingerprint density at radius 1 is 1.38 bits per heavy atom. The fourth-order valence-corrected chi connectivity index (χ4v) is 0.332. The first-order valence-corrected chi connectivity index (χ1v) is 1.97. The zero-order chi connectivity index (χ0) is 4.41. The minimum absolute atomic E-state index is 0. The minimum Gasteiger partial charge on any atom is -0.378 e. The fourth-order valence-electron chi connectivity index (χ4n) is 0.332. The molecule has 3 nitrogen and oxygen atoms in total. The van der Waals surface area contributed by atoms with Crippen LogP contribution in [-0.4, -0.2) is 19.3 Å². The van der Waals surface area contributed by atoms with Gasteiger partial charge in [0.15, 0.2) is 0 Å². The van der Waals surface area contributed by atoms with Crippen LogP contribution in [0.1, 0.15) is 0 Å². The lowest BCUT2D eigenvalue weighted by molar-refractivity contribution is -0.00491. The Balaban J connectivity index is 0. The molecule has 3 N–H and O–H groups in total. The van der Waals surface area contributed by atoms with E-state index in [0.717, 1.165) is 13.2 Å². The summed E-state index contributed by atoms with van der Waals surface area (Å²) in [4.78, 5) is 0. The van der Waals surface area contributed by atoms with Gasteiger partial charge >= 0.3 is 0 Å². The molecular formula is C3H10Cl2N2O. The molecule has 0 amide bonds. The summed E-state index contributed by atoms with van der Waals surface area (Å²) in [5.74, 6) is 5.00. The maximum Gasteiger partial charge on any atom is 0.0678 e. The van der Waals surface area contributed by atoms with Gasteiger partial charge in [-0.1, -0.05) is 0 Å². The third-order valence-electron chi connectivity index (χ3n) is 0.874. The van der Waals surface area contributed by atoms with Crippen LogP contribution in [0.2, 0.25) is 0 Å². The molecule has 0 aromatic heterocycles. The number of nitrogens with one attached hydrogen (secondary N) is 1. The van der Waals surface area contributed by atoms with Crippen LogP contribution < -0.4 is 11.3 Å². The van der Waals surface area contributed by atoms with E-state index < -0.39 is 0 Å². The van der Waals surface area contributed by atoms with Crippen molar-refractivity contribution in [3.63, 3.8) is 0 Å². The van der Waals surface area contributed by atoms with Gasteiger partial charge in [0.05, 0.1) is 19.3 Å². The van der Waals surface area contributed by atoms with Crippen molar-refractivity contribution in [2.75, 3.05) is 13.2 Å².